The van der Waals surface area contributed by atoms with E-state index in [2.05, 4.69) is 27.7 Å². The molecule has 0 aliphatic carbocycles. The summed E-state index contributed by atoms with van der Waals surface area (Å²) in [6, 6.07) is 0.0125. The minimum atomic E-state index is -0.157. The molecular formula is C10H16N4O2. The van der Waals surface area contributed by atoms with Gasteiger partial charge in [0.05, 0.1) is 6.04 Å². The predicted octanol–water partition coefficient (Wildman–Crippen LogP) is 0.705. The van der Waals surface area contributed by atoms with Gasteiger partial charge >= 0.3 is 6.01 Å². The summed E-state index contributed by atoms with van der Waals surface area (Å²) in [4.78, 5) is 15.7. The molecular weight excluding hydrogens is 208 g/mol. The first-order valence-electron chi connectivity index (χ1n) is 5.49. The Bertz CT molecular complexity index is 377. The molecule has 0 spiro atoms. The van der Waals surface area contributed by atoms with E-state index in [-0.39, 0.29) is 18.0 Å². The number of carbonyl (C=O) groups excluding carboxylic acids is 1. The normalized spacial score (nSPS) is 25.4. The highest BCUT2D eigenvalue weighted by Gasteiger charge is 2.25. The lowest BCUT2D eigenvalue weighted by molar-refractivity contribution is -0.119. The van der Waals surface area contributed by atoms with E-state index in [1.807, 2.05) is 0 Å². The number of amides is 1. The molecule has 2 rings (SSSR count). The molecule has 1 aromatic rings. The molecule has 1 aliphatic heterocycles. The summed E-state index contributed by atoms with van der Waals surface area (Å²) in [5.41, 5.74) is 0. The Hall–Kier alpha value is -1.43. The SMILES string of the molecule is Cc1noc(NC(=O)C2CC(C)CCN2)n1. The van der Waals surface area contributed by atoms with Crippen LogP contribution in [0.4, 0.5) is 6.01 Å². The van der Waals surface area contributed by atoms with Crippen LogP contribution in [0.5, 0.6) is 0 Å². The van der Waals surface area contributed by atoms with Crippen molar-refractivity contribution in [3.63, 3.8) is 0 Å². The van der Waals surface area contributed by atoms with Gasteiger partial charge in [-0.25, -0.2) is 0 Å². The maximum absolute atomic E-state index is 11.8. The van der Waals surface area contributed by atoms with Gasteiger partial charge in [-0.1, -0.05) is 12.1 Å². The number of nitrogens with one attached hydrogen (secondary N) is 2. The van der Waals surface area contributed by atoms with E-state index in [9.17, 15) is 4.79 Å². The molecule has 1 fully saturated rings. The summed E-state index contributed by atoms with van der Waals surface area (Å²) in [7, 11) is 0. The van der Waals surface area contributed by atoms with Crippen molar-refractivity contribution in [3.05, 3.63) is 5.82 Å². The minimum absolute atomic E-state index is 0.102. The lowest BCUT2D eigenvalue weighted by atomic mass is 9.94. The molecule has 88 valence electrons. The summed E-state index contributed by atoms with van der Waals surface area (Å²) < 4.78 is 4.83. The summed E-state index contributed by atoms with van der Waals surface area (Å²) in [6.45, 7) is 4.74. The molecule has 0 radical (unpaired) electrons. The molecule has 0 saturated carbocycles. The van der Waals surface area contributed by atoms with Crippen molar-refractivity contribution >= 4 is 11.9 Å². The van der Waals surface area contributed by atoms with Crippen molar-refractivity contribution in [2.45, 2.75) is 32.7 Å². The van der Waals surface area contributed by atoms with Gasteiger partial charge < -0.3 is 9.84 Å². The van der Waals surface area contributed by atoms with Crippen molar-refractivity contribution < 1.29 is 9.32 Å². The lowest BCUT2D eigenvalue weighted by Crippen LogP contribution is -2.45. The molecule has 1 saturated heterocycles. The number of hydrogen-bond donors (Lipinski definition) is 2. The van der Waals surface area contributed by atoms with Gasteiger partial charge in [0.25, 0.3) is 0 Å². The highest BCUT2D eigenvalue weighted by atomic mass is 16.5. The summed E-state index contributed by atoms with van der Waals surface area (Å²) in [5.74, 6) is 0.983. The standard InChI is InChI=1S/C10H16N4O2/c1-6-3-4-11-8(5-6)9(15)13-10-12-7(2)14-16-10/h6,8,11H,3-5H2,1-2H3,(H,12,13,14,15). The van der Waals surface area contributed by atoms with Gasteiger partial charge in [0.15, 0.2) is 5.82 Å². The van der Waals surface area contributed by atoms with Crippen molar-refractivity contribution in [2.24, 2.45) is 5.92 Å². The minimum Gasteiger partial charge on any atom is -0.315 e. The third-order valence-electron chi connectivity index (χ3n) is 2.74. The van der Waals surface area contributed by atoms with Gasteiger partial charge in [0.1, 0.15) is 0 Å². The van der Waals surface area contributed by atoms with Crippen LogP contribution in [0.25, 0.3) is 0 Å². The fourth-order valence-electron chi connectivity index (χ4n) is 1.85. The number of hydrogen-bond acceptors (Lipinski definition) is 5. The second kappa shape index (κ2) is 4.61. The summed E-state index contributed by atoms with van der Waals surface area (Å²) >= 11 is 0. The maximum Gasteiger partial charge on any atom is 0.328 e. The zero-order valence-corrected chi connectivity index (χ0v) is 9.49. The van der Waals surface area contributed by atoms with Crippen LogP contribution in [-0.2, 0) is 4.79 Å². The van der Waals surface area contributed by atoms with Crippen LogP contribution in [0, 0.1) is 12.8 Å². The summed E-state index contributed by atoms with van der Waals surface area (Å²) in [6.07, 6.45) is 1.96. The number of carbonyl (C=O) groups is 1. The lowest BCUT2D eigenvalue weighted by Gasteiger charge is -2.26. The molecule has 2 unspecified atom stereocenters. The molecule has 6 heteroatoms. The fraction of sp³-hybridized carbons (Fsp3) is 0.700. The maximum atomic E-state index is 11.8. The molecule has 2 heterocycles. The second-order valence-electron chi connectivity index (χ2n) is 4.27. The van der Waals surface area contributed by atoms with E-state index < -0.39 is 0 Å². The number of aryl methyl sites for hydroxylation is 1. The first-order valence-corrected chi connectivity index (χ1v) is 5.49. The van der Waals surface area contributed by atoms with Gasteiger partial charge in [-0.2, -0.15) is 4.98 Å². The number of piperidine rings is 1. The Kier molecular flexibility index (Phi) is 3.19. The van der Waals surface area contributed by atoms with Gasteiger partial charge in [-0.05, 0) is 32.2 Å². The van der Waals surface area contributed by atoms with Crippen LogP contribution in [0.1, 0.15) is 25.6 Å². The smallest absolute Gasteiger partial charge is 0.315 e. The third-order valence-corrected chi connectivity index (χ3v) is 2.74. The molecule has 16 heavy (non-hydrogen) atoms. The van der Waals surface area contributed by atoms with Crippen molar-refractivity contribution in [3.8, 4) is 0 Å². The number of aromatic nitrogens is 2. The first kappa shape index (κ1) is 11.1. The molecule has 0 aromatic carbocycles. The quantitative estimate of drug-likeness (QED) is 0.773. The Morgan fingerprint density at radius 3 is 3.06 bits per heavy atom. The van der Waals surface area contributed by atoms with Crippen LogP contribution >= 0.6 is 0 Å². The first-order chi connectivity index (χ1) is 7.65. The molecule has 1 amide bonds. The van der Waals surface area contributed by atoms with Crippen LogP contribution in [0.15, 0.2) is 4.52 Å². The van der Waals surface area contributed by atoms with Crippen molar-refractivity contribution in [2.75, 3.05) is 11.9 Å². The highest BCUT2D eigenvalue weighted by Crippen LogP contribution is 2.16. The van der Waals surface area contributed by atoms with Crippen LogP contribution in [-0.4, -0.2) is 28.6 Å². The number of rotatable bonds is 2. The Balaban J connectivity index is 1.92. The van der Waals surface area contributed by atoms with E-state index in [0.29, 0.717) is 11.7 Å². The number of nitrogens with zero attached hydrogens (tertiary/aromatic N) is 2. The van der Waals surface area contributed by atoms with Gasteiger partial charge in [-0.15, -0.1) is 0 Å². The van der Waals surface area contributed by atoms with Gasteiger partial charge in [-0.3, -0.25) is 10.1 Å². The van der Waals surface area contributed by atoms with Gasteiger partial charge in [0, 0.05) is 0 Å². The fourth-order valence-corrected chi connectivity index (χ4v) is 1.85. The molecule has 2 N–H and O–H groups in total. The topological polar surface area (TPSA) is 80.0 Å². The molecule has 0 bridgehead atoms. The highest BCUT2D eigenvalue weighted by molar-refractivity contribution is 5.93. The molecule has 1 aromatic heterocycles. The van der Waals surface area contributed by atoms with E-state index in [0.717, 1.165) is 19.4 Å². The van der Waals surface area contributed by atoms with Crippen molar-refractivity contribution in [1.82, 2.24) is 15.5 Å². The van der Waals surface area contributed by atoms with Gasteiger partial charge in [0.2, 0.25) is 5.91 Å². The zero-order valence-electron chi connectivity index (χ0n) is 9.49. The average molecular weight is 224 g/mol. The Morgan fingerprint density at radius 2 is 2.44 bits per heavy atom. The Labute approximate surface area is 93.8 Å². The van der Waals surface area contributed by atoms with E-state index in [1.54, 1.807) is 6.92 Å². The largest absolute Gasteiger partial charge is 0.328 e. The predicted molar refractivity (Wildman–Crippen MR) is 57.9 cm³/mol. The molecule has 2 atom stereocenters. The average Bonchev–Trinajstić information content (AvgIpc) is 2.64. The van der Waals surface area contributed by atoms with E-state index in [4.69, 9.17) is 4.52 Å². The number of anilines is 1. The molecule has 1 aliphatic rings. The second-order valence-corrected chi connectivity index (χ2v) is 4.27. The van der Waals surface area contributed by atoms with E-state index >= 15 is 0 Å². The molecule has 6 nitrogen and oxygen atoms in total. The van der Waals surface area contributed by atoms with Crippen molar-refractivity contribution in [1.29, 1.82) is 0 Å². The zero-order chi connectivity index (χ0) is 11.5. The third kappa shape index (κ3) is 2.57. The Morgan fingerprint density at radius 1 is 1.62 bits per heavy atom. The van der Waals surface area contributed by atoms with Crippen LogP contribution in [0.2, 0.25) is 0 Å². The summed E-state index contributed by atoms with van der Waals surface area (Å²) in [5, 5.41) is 9.39. The van der Waals surface area contributed by atoms with Crippen LogP contribution in [0.3, 0.4) is 0 Å². The van der Waals surface area contributed by atoms with E-state index in [1.165, 1.54) is 0 Å². The van der Waals surface area contributed by atoms with Crippen LogP contribution < -0.4 is 10.6 Å². The monoisotopic (exact) mass is 224 g/mol.